The molecular formula is C12H16ClNO2. The second-order valence-electron chi connectivity index (χ2n) is 4.19. The summed E-state index contributed by atoms with van der Waals surface area (Å²) in [6.07, 6.45) is 0. The van der Waals surface area contributed by atoms with E-state index in [0.717, 1.165) is 22.3 Å². The third-order valence-electron chi connectivity index (χ3n) is 3.11. The van der Waals surface area contributed by atoms with E-state index in [1.165, 1.54) is 0 Å². The summed E-state index contributed by atoms with van der Waals surface area (Å²) in [5.74, 6) is 0.394. The number of nitro benzene ring substituents is 1. The van der Waals surface area contributed by atoms with Crippen LogP contribution < -0.4 is 0 Å². The lowest BCUT2D eigenvalue weighted by molar-refractivity contribution is -0.385. The van der Waals surface area contributed by atoms with E-state index in [9.17, 15) is 10.1 Å². The van der Waals surface area contributed by atoms with Crippen molar-refractivity contribution in [2.24, 2.45) is 0 Å². The van der Waals surface area contributed by atoms with Crippen molar-refractivity contribution in [3.05, 3.63) is 38.4 Å². The zero-order chi connectivity index (χ0) is 12.5. The first-order chi connectivity index (χ1) is 7.40. The highest BCUT2D eigenvalue weighted by atomic mass is 35.5. The van der Waals surface area contributed by atoms with Crippen molar-refractivity contribution in [3.63, 3.8) is 0 Å². The topological polar surface area (TPSA) is 43.1 Å². The van der Waals surface area contributed by atoms with Crippen molar-refractivity contribution >= 4 is 17.3 Å². The van der Waals surface area contributed by atoms with E-state index in [1.54, 1.807) is 6.07 Å². The van der Waals surface area contributed by atoms with Crippen LogP contribution in [-0.4, -0.2) is 10.8 Å². The number of alkyl halides is 1. The fraction of sp³-hybridized carbons (Fsp3) is 0.500. The Labute approximate surface area is 101 Å². The molecule has 0 saturated carbocycles. The second-order valence-corrected chi connectivity index (χ2v) is 4.50. The van der Waals surface area contributed by atoms with E-state index < -0.39 is 0 Å². The van der Waals surface area contributed by atoms with Gasteiger partial charge in [0.05, 0.1) is 4.92 Å². The predicted molar refractivity (Wildman–Crippen MR) is 66.4 cm³/mol. The first kappa shape index (κ1) is 13.0. The Kier molecular flexibility index (Phi) is 3.92. The van der Waals surface area contributed by atoms with E-state index in [2.05, 4.69) is 0 Å². The molecule has 0 fully saturated rings. The summed E-state index contributed by atoms with van der Waals surface area (Å²) >= 11 is 5.80. The van der Waals surface area contributed by atoms with Gasteiger partial charge in [0.1, 0.15) is 0 Å². The number of aryl methyl sites for hydroxylation is 1. The van der Waals surface area contributed by atoms with E-state index >= 15 is 0 Å². The minimum Gasteiger partial charge on any atom is -0.258 e. The Bertz CT molecular complexity index is 430. The Hall–Kier alpha value is -1.09. The van der Waals surface area contributed by atoms with E-state index in [0.29, 0.717) is 5.88 Å². The number of halogens is 1. The van der Waals surface area contributed by atoms with Crippen LogP contribution in [0, 0.1) is 30.9 Å². The molecule has 0 bridgehead atoms. The number of nitrogens with zero attached hydrogens (tertiary/aromatic N) is 1. The second kappa shape index (κ2) is 4.83. The Morgan fingerprint density at radius 1 is 1.38 bits per heavy atom. The summed E-state index contributed by atoms with van der Waals surface area (Å²) in [6, 6.07) is 1.64. The summed E-state index contributed by atoms with van der Waals surface area (Å²) < 4.78 is 0. The van der Waals surface area contributed by atoms with Gasteiger partial charge in [-0.1, -0.05) is 6.92 Å². The van der Waals surface area contributed by atoms with Gasteiger partial charge < -0.3 is 0 Å². The molecule has 0 aliphatic rings. The lowest BCUT2D eigenvalue weighted by Gasteiger charge is -2.15. The van der Waals surface area contributed by atoms with Gasteiger partial charge in [0.2, 0.25) is 0 Å². The minimum absolute atomic E-state index is 0.00127. The van der Waals surface area contributed by atoms with Gasteiger partial charge in [-0.2, -0.15) is 0 Å². The molecule has 3 nitrogen and oxygen atoms in total. The molecule has 0 N–H and O–H groups in total. The monoisotopic (exact) mass is 241 g/mol. The molecule has 0 aliphatic heterocycles. The normalized spacial score (nSPS) is 12.6. The number of hydrogen-bond acceptors (Lipinski definition) is 2. The van der Waals surface area contributed by atoms with Gasteiger partial charge in [-0.05, 0) is 37.5 Å². The third kappa shape index (κ3) is 2.19. The number of benzene rings is 1. The highest BCUT2D eigenvalue weighted by Crippen LogP contribution is 2.33. The van der Waals surface area contributed by atoms with Crippen LogP contribution >= 0.6 is 11.6 Å². The van der Waals surface area contributed by atoms with Crippen molar-refractivity contribution < 1.29 is 4.92 Å². The molecule has 0 saturated heterocycles. The van der Waals surface area contributed by atoms with E-state index in [-0.39, 0.29) is 16.5 Å². The maximum Gasteiger partial charge on any atom is 0.273 e. The molecule has 4 heteroatoms. The summed E-state index contributed by atoms with van der Waals surface area (Å²) in [4.78, 5) is 10.7. The maximum absolute atomic E-state index is 11.0. The number of hydrogen-bond donors (Lipinski definition) is 0. The lowest BCUT2D eigenvalue weighted by atomic mass is 9.90. The predicted octanol–water partition coefficient (Wildman–Crippen LogP) is 3.86. The first-order valence-corrected chi connectivity index (χ1v) is 5.74. The fourth-order valence-electron chi connectivity index (χ4n) is 1.93. The molecule has 16 heavy (non-hydrogen) atoms. The maximum atomic E-state index is 11.0. The smallest absolute Gasteiger partial charge is 0.258 e. The van der Waals surface area contributed by atoms with Crippen LogP contribution in [0.5, 0.6) is 0 Å². The molecular weight excluding hydrogens is 226 g/mol. The van der Waals surface area contributed by atoms with Crippen LogP contribution in [0.2, 0.25) is 0 Å². The molecule has 1 unspecified atom stereocenters. The fourth-order valence-corrected chi connectivity index (χ4v) is 2.09. The Morgan fingerprint density at radius 2 is 1.94 bits per heavy atom. The number of nitro groups is 1. The van der Waals surface area contributed by atoms with Crippen LogP contribution in [0.4, 0.5) is 5.69 Å². The summed E-state index contributed by atoms with van der Waals surface area (Å²) in [7, 11) is 0. The van der Waals surface area contributed by atoms with Gasteiger partial charge in [-0.15, -0.1) is 11.6 Å². The minimum atomic E-state index is -0.322. The average Bonchev–Trinajstić information content (AvgIpc) is 2.24. The van der Waals surface area contributed by atoms with Crippen LogP contribution in [0.3, 0.4) is 0 Å². The molecule has 0 radical (unpaired) electrons. The molecule has 88 valence electrons. The summed E-state index contributed by atoms with van der Waals surface area (Å²) in [6.45, 7) is 7.72. The molecule has 1 atom stereocenters. The first-order valence-electron chi connectivity index (χ1n) is 5.21. The molecule has 0 aliphatic carbocycles. The zero-order valence-electron chi connectivity index (χ0n) is 10.0. The number of rotatable bonds is 3. The molecule has 1 aromatic rings. The molecule has 0 aromatic heterocycles. The standard InChI is InChI=1S/C12H16ClNO2/c1-7-5-11(14(15)16)12(8(2)6-13)10(4)9(7)3/h5,8H,6H2,1-4H3. The van der Waals surface area contributed by atoms with Crippen molar-refractivity contribution in [3.8, 4) is 0 Å². The largest absolute Gasteiger partial charge is 0.273 e. The zero-order valence-corrected chi connectivity index (χ0v) is 10.8. The van der Waals surface area contributed by atoms with Crippen molar-refractivity contribution in [1.29, 1.82) is 0 Å². The summed E-state index contributed by atoms with van der Waals surface area (Å²) in [5.41, 5.74) is 4.00. The van der Waals surface area contributed by atoms with Gasteiger partial charge in [-0.3, -0.25) is 10.1 Å². The summed E-state index contributed by atoms with van der Waals surface area (Å²) in [5, 5.41) is 11.0. The van der Waals surface area contributed by atoms with Gasteiger partial charge in [0, 0.05) is 23.4 Å². The third-order valence-corrected chi connectivity index (χ3v) is 3.57. The van der Waals surface area contributed by atoms with Crippen molar-refractivity contribution in [1.82, 2.24) is 0 Å². The molecule has 1 aromatic carbocycles. The van der Waals surface area contributed by atoms with Crippen LogP contribution in [0.15, 0.2) is 6.07 Å². The van der Waals surface area contributed by atoms with E-state index in [4.69, 9.17) is 11.6 Å². The molecule has 0 spiro atoms. The average molecular weight is 242 g/mol. The van der Waals surface area contributed by atoms with Crippen molar-refractivity contribution in [2.75, 3.05) is 5.88 Å². The quantitative estimate of drug-likeness (QED) is 0.458. The van der Waals surface area contributed by atoms with Crippen LogP contribution in [0.1, 0.15) is 35.1 Å². The van der Waals surface area contributed by atoms with Crippen molar-refractivity contribution in [2.45, 2.75) is 33.6 Å². The highest BCUT2D eigenvalue weighted by Gasteiger charge is 2.23. The van der Waals surface area contributed by atoms with Gasteiger partial charge in [0.25, 0.3) is 5.69 Å². The van der Waals surface area contributed by atoms with E-state index in [1.807, 2.05) is 27.7 Å². The molecule has 0 amide bonds. The Balaban J connectivity index is 3.54. The Morgan fingerprint density at radius 3 is 2.38 bits per heavy atom. The van der Waals surface area contributed by atoms with Gasteiger partial charge in [-0.25, -0.2) is 0 Å². The lowest BCUT2D eigenvalue weighted by Crippen LogP contribution is -2.06. The van der Waals surface area contributed by atoms with Crippen LogP contribution in [0.25, 0.3) is 0 Å². The highest BCUT2D eigenvalue weighted by molar-refractivity contribution is 6.18. The van der Waals surface area contributed by atoms with Crippen LogP contribution in [-0.2, 0) is 0 Å². The van der Waals surface area contributed by atoms with Gasteiger partial charge in [0.15, 0.2) is 0 Å². The SMILES string of the molecule is Cc1cc([N+](=O)[O-])c(C(C)CCl)c(C)c1C. The molecule has 1 rings (SSSR count). The molecule has 0 heterocycles. The van der Waals surface area contributed by atoms with Gasteiger partial charge >= 0.3 is 0 Å².